The fraction of sp³-hybridized carbons (Fsp3) is 0.333. The first kappa shape index (κ1) is 47.7. The maximum atomic E-state index is 15.4. The molecule has 5 aromatic rings. The summed E-state index contributed by atoms with van der Waals surface area (Å²) >= 11 is 0. The average Bonchev–Trinajstić information content (AvgIpc) is 3.32. The third-order valence-electron chi connectivity index (χ3n) is 11.2. The zero-order valence-corrected chi connectivity index (χ0v) is 36.3. The average molecular weight is 893 g/mol. The Bertz CT molecular complexity index is 2460. The van der Waals surface area contributed by atoms with E-state index in [0.717, 1.165) is 29.2 Å². The van der Waals surface area contributed by atoms with Gasteiger partial charge in [0, 0.05) is 61.9 Å². The van der Waals surface area contributed by atoms with E-state index in [1.54, 1.807) is 46.0 Å². The van der Waals surface area contributed by atoms with Crippen LogP contribution in [-0.2, 0) is 40.4 Å². The number of nitrogens with one attached hydrogen (secondary N) is 3. The van der Waals surface area contributed by atoms with E-state index in [4.69, 9.17) is 20.9 Å². The maximum Gasteiger partial charge on any atom is 0.408 e. The van der Waals surface area contributed by atoms with Crippen LogP contribution in [0.15, 0.2) is 120 Å². The molecule has 1 saturated heterocycles. The van der Waals surface area contributed by atoms with Crippen molar-refractivity contribution in [2.75, 3.05) is 42.9 Å². The van der Waals surface area contributed by atoms with Gasteiger partial charge >= 0.3 is 12.1 Å². The van der Waals surface area contributed by atoms with E-state index in [0.29, 0.717) is 75.4 Å². The van der Waals surface area contributed by atoms with Crippen molar-refractivity contribution in [1.29, 1.82) is 0 Å². The summed E-state index contributed by atoms with van der Waals surface area (Å²) in [6, 6.07) is 27.3. The van der Waals surface area contributed by atoms with Crippen molar-refractivity contribution in [3.8, 4) is 0 Å². The van der Waals surface area contributed by atoms with Gasteiger partial charge in [0.05, 0.1) is 23.9 Å². The molecule has 16 nitrogen and oxygen atoms in total. The summed E-state index contributed by atoms with van der Waals surface area (Å²) in [5.41, 5.74) is 15.3. The molecule has 65 heavy (non-hydrogen) atoms. The number of aliphatic hydroxyl groups excluding tert-OH is 1. The molecule has 0 bridgehead atoms. The summed E-state index contributed by atoms with van der Waals surface area (Å²) in [5.74, 6) is -2.30. The van der Waals surface area contributed by atoms with Gasteiger partial charge in [0.1, 0.15) is 24.0 Å². The number of nitrogens with zero attached hydrogens (tertiary/aromatic N) is 3. The summed E-state index contributed by atoms with van der Waals surface area (Å²) in [4.78, 5) is 54.5. The number of aliphatic hydroxyl groups is 1. The van der Waals surface area contributed by atoms with Crippen molar-refractivity contribution in [3.63, 3.8) is 0 Å². The van der Waals surface area contributed by atoms with Gasteiger partial charge in [-0.05, 0) is 80.1 Å². The highest BCUT2D eigenvalue weighted by Crippen LogP contribution is 2.27. The monoisotopic (exact) mass is 892 g/mol. The molecule has 0 aliphatic carbocycles. The van der Waals surface area contributed by atoms with Crippen LogP contribution in [0.1, 0.15) is 53.2 Å². The maximum absolute atomic E-state index is 15.4. The van der Waals surface area contributed by atoms with E-state index in [2.05, 4.69) is 16.0 Å². The van der Waals surface area contributed by atoms with Gasteiger partial charge in [-0.15, -0.1) is 0 Å². The first-order valence-corrected chi connectivity index (χ1v) is 21.6. The van der Waals surface area contributed by atoms with Gasteiger partial charge in [-0.3, -0.25) is 14.5 Å². The van der Waals surface area contributed by atoms with Crippen LogP contribution in [0.3, 0.4) is 0 Å². The number of nitrogens with two attached hydrogens (primary N) is 2. The van der Waals surface area contributed by atoms with Crippen molar-refractivity contribution >= 4 is 40.2 Å². The minimum Gasteiger partial charge on any atom is -0.477 e. The number of hydrogen-bond acceptors (Lipinski definition) is 12. The highest BCUT2D eigenvalue weighted by atomic mass is 19.1. The molecule has 2 amide bonds. The quantitative estimate of drug-likeness (QED) is 0.0388. The normalized spacial score (nSPS) is 14.6. The Morgan fingerprint density at radius 1 is 0.877 bits per heavy atom. The van der Waals surface area contributed by atoms with Gasteiger partial charge < -0.3 is 56.6 Å². The van der Waals surface area contributed by atoms with Gasteiger partial charge in [-0.25, -0.2) is 14.0 Å². The lowest BCUT2D eigenvalue weighted by molar-refractivity contribution is -0.200. The van der Waals surface area contributed by atoms with Crippen LogP contribution < -0.4 is 37.7 Å². The minimum absolute atomic E-state index is 0.00136. The number of amides is 2. The van der Waals surface area contributed by atoms with Gasteiger partial charge in [0.2, 0.25) is 17.7 Å². The summed E-state index contributed by atoms with van der Waals surface area (Å²) in [6.07, 6.45) is 3.22. The summed E-state index contributed by atoms with van der Waals surface area (Å²) in [6.45, 7) is 4.27. The van der Waals surface area contributed by atoms with Crippen LogP contribution in [0.5, 0.6) is 0 Å². The lowest BCUT2D eigenvalue weighted by atomic mass is 10.0. The number of carboxylic acid groups (broad SMARTS) is 1. The Morgan fingerprint density at radius 3 is 2.18 bits per heavy atom. The number of ether oxygens (including phenoxy) is 2. The van der Waals surface area contributed by atoms with Crippen LogP contribution in [0.4, 0.5) is 20.6 Å². The van der Waals surface area contributed by atoms with E-state index < -0.39 is 47.4 Å². The van der Waals surface area contributed by atoms with E-state index in [1.807, 2.05) is 72.5 Å². The Labute approximate surface area is 376 Å². The molecule has 1 aromatic heterocycles. The molecule has 344 valence electrons. The molecule has 2 heterocycles. The number of carbonyl (C=O) groups excluding carboxylic acids is 2. The number of halogens is 1. The van der Waals surface area contributed by atoms with Gasteiger partial charge in [-0.2, -0.15) is 0 Å². The molecule has 0 radical (unpaired) electrons. The molecule has 1 unspecified atom stereocenters. The van der Waals surface area contributed by atoms with Crippen LogP contribution >= 0.6 is 0 Å². The SMILES string of the molecule is CCn1cc(C(=O)O)c(=O)c2cc(F)c(N3CCN(C(O)OCc4ccc(NC(=O)[C@H](CCCCN)N/C=C(\N)[C@H](Cc5ccccc5)NC(=O)OCc5ccccc5)cc4)CC3)cc21. The number of pyridine rings is 1. The number of carbonyl (C=O) groups is 3. The standard InChI is InChI=1S/C48H57FN8O8/c1-2-55-29-37(46(60)61)44(58)36-26-38(49)43(27-42(36)55)56-21-23-57(24-22-56)48(63)65-31-34-16-18-35(19-17-34)53-45(59)40(15-9-10-20-50)52-28-39(51)41(25-32-11-5-3-6-12-32)54-47(62)64-30-33-13-7-4-8-14-33/h3-8,11-14,16-19,26-29,40-41,48,52,63H,2,9-10,15,20-25,30-31,50-51H2,1H3,(H,53,59)(H,54,62)(H,60,61)/b39-28-/t40-,41-,48?/m0/s1. The first-order chi connectivity index (χ1) is 31.4. The highest BCUT2D eigenvalue weighted by Gasteiger charge is 2.26. The molecule has 17 heteroatoms. The van der Waals surface area contributed by atoms with Crippen molar-refractivity contribution < 1.29 is 38.5 Å². The summed E-state index contributed by atoms with van der Waals surface area (Å²) in [7, 11) is 0. The Morgan fingerprint density at radius 2 is 1.54 bits per heavy atom. The first-order valence-electron chi connectivity index (χ1n) is 21.6. The van der Waals surface area contributed by atoms with Crippen molar-refractivity contribution in [2.24, 2.45) is 11.5 Å². The number of unbranched alkanes of at least 4 members (excludes halogenated alkanes) is 1. The number of aryl methyl sites for hydroxylation is 1. The van der Waals surface area contributed by atoms with Crippen LogP contribution in [-0.4, -0.2) is 88.9 Å². The number of rotatable bonds is 21. The molecule has 0 spiro atoms. The molecule has 4 aromatic carbocycles. The van der Waals surface area contributed by atoms with Crippen molar-refractivity contribution in [1.82, 2.24) is 20.1 Å². The topological polar surface area (TPSA) is 227 Å². The van der Waals surface area contributed by atoms with Gasteiger partial charge in [-0.1, -0.05) is 72.8 Å². The number of hydrogen-bond donors (Lipinski definition) is 7. The summed E-state index contributed by atoms with van der Waals surface area (Å²) < 4.78 is 28.3. The van der Waals surface area contributed by atoms with E-state index >= 15 is 4.39 Å². The Hall–Kier alpha value is -6.79. The molecule has 1 aliphatic rings. The summed E-state index contributed by atoms with van der Waals surface area (Å²) in [5, 5.41) is 29.4. The van der Waals surface area contributed by atoms with E-state index in [-0.39, 0.29) is 30.2 Å². The highest BCUT2D eigenvalue weighted by molar-refractivity contribution is 5.95. The fourth-order valence-corrected chi connectivity index (χ4v) is 7.52. The number of anilines is 2. The molecule has 1 fully saturated rings. The predicted octanol–water partition coefficient (Wildman–Crippen LogP) is 4.84. The second-order valence-corrected chi connectivity index (χ2v) is 15.7. The number of aromatic nitrogens is 1. The molecular weight excluding hydrogens is 836 g/mol. The third-order valence-corrected chi connectivity index (χ3v) is 11.2. The van der Waals surface area contributed by atoms with Crippen LogP contribution in [0, 0.1) is 5.82 Å². The molecule has 6 rings (SSSR count). The lowest BCUT2D eigenvalue weighted by Gasteiger charge is -2.38. The van der Waals surface area contributed by atoms with Crippen molar-refractivity contribution in [2.45, 2.75) is 70.9 Å². The number of benzene rings is 4. The Kier molecular flexibility index (Phi) is 17.0. The van der Waals surface area contributed by atoms with Crippen LogP contribution in [0.25, 0.3) is 10.9 Å². The second kappa shape index (κ2) is 23.2. The predicted molar refractivity (Wildman–Crippen MR) is 246 cm³/mol. The van der Waals surface area contributed by atoms with E-state index in [9.17, 15) is 29.4 Å². The number of alkyl carbamates (subject to hydrolysis) is 1. The molecule has 3 atom stereocenters. The molecule has 9 N–H and O–H groups in total. The van der Waals surface area contributed by atoms with Gasteiger partial charge in [0.15, 0.2) is 0 Å². The number of carboxylic acids is 1. The fourth-order valence-electron chi connectivity index (χ4n) is 7.52. The molecular formula is C48H57FN8O8. The molecule has 0 saturated carbocycles. The second-order valence-electron chi connectivity index (χ2n) is 15.7. The Balaban J connectivity index is 1.02. The number of fused-ring (bicyclic) bond motifs is 1. The van der Waals surface area contributed by atoms with E-state index in [1.165, 1.54) is 6.20 Å². The third kappa shape index (κ3) is 13.1. The smallest absolute Gasteiger partial charge is 0.408 e. The number of piperazine rings is 1. The zero-order chi connectivity index (χ0) is 46.3. The lowest BCUT2D eigenvalue weighted by Crippen LogP contribution is -2.51. The van der Waals surface area contributed by atoms with Crippen molar-refractivity contribution in [3.05, 3.63) is 153 Å². The minimum atomic E-state index is -1.37. The molecule has 1 aliphatic heterocycles. The van der Waals surface area contributed by atoms with Crippen LogP contribution in [0.2, 0.25) is 0 Å². The zero-order valence-electron chi connectivity index (χ0n) is 36.3. The largest absolute Gasteiger partial charge is 0.477 e. The van der Waals surface area contributed by atoms with Gasteiger partial charge in [0.25, 0.3) is 0 Å². The number of aromatic carboxylic acids is 1.